The highest BCUT2D eigenvalue weighted by molar-refractivity contribution is 6.03. The number of ether oxygens (including phenoxy) is 3. The Labute approximate surface area is 177 Å². The molecule has 30 heavy (non-hydrogen) atoms. The Morgan fingerprint density at radius 3 is 2.07 bits per heavy atom. The van der Waals surface area contributed by atoms with E-state index in [9.17, 15) is 14.4 Å². The Morgan fingerprint density at radius 1 is 0.833 bits per heavy atom. The van der Waals surface area contributed by atoms with Crippen molar-refractivity contribution in [3.8, 4) is 11.1 Å². The first kappa shape index (κ1) is 23.3. The van der Waals surface area contributed by atoms with Crippen LogP contribution in [0.3, 0.4) is 0 Å². The molecule has 2 aromatic carbocycles. The van der Waals surface area contributed by atoms with Crippen LogP contribution in [0.2, 0.25) is 0 Å². The minimum atomic E-state index is -1.21. The van der Waals surface area contributed by atoms with Crippen LogP contribution in [0.5, 0.6) is 0 Å². The number of carbonyl (C=O) groups is 3. The maximum Gasteiger partial charge on any atom is 0.317 e. The molecule has 160 valence electrons. The fraction of sp³-hybridized carbons (Fsp3) is 0.375. The minimum absolute atomic E-state index is 0.0221. The Kier molecular flexibility index (Phi) is 9.22. The molecule has 0 spiro atoms. The summed E-state index contributed by atoms with van der Waals surface area (Å²) in [6.45, 7) is 2.06. The van der Waals surface area contributed by atoms with Crippen LogP contribution in [0.15, 0.2) is 54.6 Å². The van der Waals surface area contributed by atoms with Gasteiger partial charge < -0.3 is 14.2 Å². The summed E-state index contributed by atoms with van der Waals surface area (Å²) in [6.07, 6.45) is 0.533. The van der Waals surface area contributed by atoms with Crippen LogP contribution >= 0.6 is 0 Å². The molecular formula is C24H28O6. The van der Waals surface area contributed by atoms with Crippen LogP contribution in [0.1, 0.15) is 18.9 Å². The molecule has 1 unspecified atom stereocenters. The zero-order valence-corrected chi connectivity index (χ0v) is 17.6. The van der Waals surface area contributed by atoms with Gasteiger partial charge in [-0.05, 0) is 16.7 Å². The van der Waals surface area contributed by atoms with E-state index in [1.165, 1.54) is 14.0 Å². The maximum absolute atomic E-state index is 12.9. The third kappa shape index (κ3) is 6.52. The summed E-state index contributed by atoms with van der Waals surface area (Å²) in [5.74, 6) is -3.86. The molecule has 0 radical (unpaired) electrons. The van der Waals surface area contributed by atoms with E-state index in [4.69, 9.17) is 14.2 Å². The van der Waals surface area contributed by atoms with Gasteiger partial charge in [0.2, 0.25) is 0 Å². The van der Waals surface area contributed by atoms with Crippen LogP contribution in [0, 0.1) is 11.8 Å². The number of hydrogen-bond acceptors (Lipinski definition) is 6. The van der Waals surface area contributed by atoms with Gasteiger partial charge >= 0.3 is 11.9 Å². The topological polar surface area (TPSA) is 78.9 Å². The van der Waals surface area contributed by atoms with Crippen LogP contribution < -0.4 is 0 Å². The second-order valence-corrected chi connectivity index (χ2v) is 7.01. The molecule has 6 heteroatoms. The minimum Gasteiger partial charge on any atom is -0.469 e. The van der Waals surface area contributed by atoms with Gasteiger partial charge in [-0.25, -0.2) is 0 Å². The first-order valence-corrected chi connectivity index (χ1v) is 9.88. The molecule has 0 aliphatic heterocycles. The van der Waals surface area contributed by atoms with Crippen LogP contribution in [-0.4, -0.2) is 45.2 Å². The zero-order chi connectivity index (χ0) is 21.9. The van der Waals surface area contributed by atoms with Gasteiger partial charge in [-0.15, -0.1) is 0 Å². The van der Waals surface area contributed by atoms with E-state index in [0.717, 1.165) is 16.7 Å². The summed E-state index contributed by atoms with van der Waals surface area (Å²) in [5, 5.41) is 0. The van der Waals surface area contributed by atoms with Crippen molar-refractivity contribution < 1.29 is 28.6 Å². The van der Waals surface area contributed by atoms with Crippen molar-refractivity contribution in [1.29, 1.82) is 0 Å². The average Bonchev–Trinajstić information content (AvgIpc) is 2.77. The summed E-state index contributed by atoms with van der Waals surface area (Å²) in [4.78, 5) is 37.5. The summed E-state index contributed by atoms with van der Waals surface area (Å²) in [6, 6.07) is 17.5. The molecule has 0 saturated carbocycles. The lowest BCUT2D eigenvalue weighted by Gasteiger charge is -2.20. The number of benzene rings is 2. The molecule has 0 fully saturated rings. The number of ketones is 1. The lowest BCUT2D eigenvalue weighted by atomic mass is 9.87. The van der Waals surface area contributed by atoms with Gasteiger partial charge in [-0.2, -0.15) is 0 Å². The molecule has 2 aromatic rings. The van der Waals surface area contributed by atoms with Gasteiger partial charge in [-0.1, -0.05) is 61.5 Å². The van der Waals surface area contributed by atoms with Crippen LogP contribution in [0.4, 0.5) is 0 Å². The van der Waals surface area contributed by atoms with E-state index in [0.29, 0.717) is 13.0 Å². The molecule has 0 aliphatic carbocycles. The third-order valence-electron chi connectivity index (χ3n) is 4.85. The van der Waals surface area contributed by atoms with E-state index < -0.39 is 23.8 Å². The molecule has 0 bridgehead atoms. The number of carbonyl (C=O) groups excluding carboxylic acids is 3. The fourth-order valence-corrected chi connectivity index (χ4v) is 3.16. The molecule has 2 atom stereocenters. The largest absolute Gasteiger partial charge is 0.469 e. The van der Waals surface area contributed by atoms with Crippen molar-refractivity contribution in [2.24, 2.45) is 11.8 Å². The lowest BCUT2D eigenvalue weighted by molar-refractivity contribution is -0.162. The van der Waals surface area contributed by atoms with Gasteiger partial charge in [0.15, 0.2) is 5.78 Å². The quantitative estimate of drug-likeness (QED) is 0.319. The molecule has 0 saturated heterocycles. The van der Waals surface area contributed by atoms with Crippen molar-refractivity contribution >= 4 is 17.7 Å². The monoisotopic (exact) mass is 412 g/mol. The van der Waals surface area contributed by atoms with Gasteiger partial charge in [0.1, 0.15) is 5.92 Å². The molecule has 0 N–H and O–H groups in total. The first-order chi connectivity index (χ1) is 14.5. The Hall–Kier alpha value is -2.99. The number of rotatable bonds is 11. The van der Waals surface area contributed by atoms with Crippen molar-refractivity contribution in [2.45, 2.75) is 19.8 Å². The first-order valence-electron chi connectivity index (χ1n) is 9.88. The SMILES string of the molecule is COCCCOC(=O)C(C(=O)Cc1ccc(-c2ccccc2)cc1)[C@@H](C)C(=O)OC. The number of Topliss-reactive ketones (excluding diaryl/α,β-unsaturated/α-hetero) is 1. The summed E-state index contributed by atoms with van der Waals surface area (Å²) >= 11 is 0. The number of esters is 2. The number of hydrogen-bond donors (Lipinski definition) is 0. The van der Waals surface area contributed by atoms with E-state index in [2.05, 4.69) is 0 Å². The Balaban J connectivity index is 2.10. The van der Waals surface area contributed by atoms with Crippen LogP contribution in [0.25, 0.3) is 11.1 Å². The average molecular weight is 412 g/mol. The second kappa shape index (κ2) is 11.9. The highest BCUT2D eigenvalue weighted by Gasteiger charge is 2.37. The van der Waals surface area contributed by atoms with Gasteiger partial charge in [0, 0.05) is 26.6 Å². The smallest absolute Gasteiger partial charge is 0.317 e. The summed E-state index contributed by atoms with van der Waals surface area (Å²) in [7, 11) is 2.78. The third-order valence-corrected chi connectivity index (χ3v) is 4.85. The summed E-state index contributed by atoms with van der Waals surface area (Å²) < 4.78 is 14.9. The molecule has 0 aliphatic rings. The van der Waals surface area contributed by atoms with Gasteiger partial charge in [0.25, 0.3) is 0 Å². The molecule has 0 heterocycles. The molecule has 6 nitrogen and oxygen atoms in total. The Bertz CT molecular complexity index is 829. The summed E-state index contributed by atoms with van der Waals surface area (Å²) in [5.41, 5.74) is 2.87. The molecule has 0 aromatic heterocycles. The maximum atomic E-state index is 12.9. The van der Waals surface area contributed by atoms with E-state index in [1.807, 2.05) is 54.6 Å². The normalized spacial score (nSPS) is 12.6. The lowest BCUT2D eigenvalue weighted by Crippen LogP contribution is -2.37. The molecule has 0 amide bonds. The van der Waals surface area contributed by atoms with Crippen molar-refractivity contribution in [3.05, 3.63) is 60.2 Å². The van der Waals surface area contributed by atoms with Gasteiger partial charge in [-0.3, -0.25) is 14.4 Å². The Morgan fingerprint density at radius 2 is 1.47 bits per heavy atom. The predicted molar refractivity (Wildman–Crippen MR) is 113 cm³/mol. The van der Waals surface area contributed by atoms with E-state index in [1.54, 1.807) is 7.11 Å². The molecule has 2 rings (SSSR count). The van der Waals surface area contributed by atoms with E-state index in [-0.39, 0.29) is 18.8 Å². The second-order valence-electron chi connectivity index (χ2n) is 7.01. The predicted octanol–water partition coefficient (Wildman–Crippen LogP) is 3.47. The highest BCUT2D eigenvalue weighted by Crippen LogP contribution is 2.22. The highest BCUT2D eigenvalue weighted by atomic mass is 16.5. The zero-order valence-electron chi connectivity index (χ0n) is 17.6. The van der Waals surface area contributed by atoms with Crippen molar-refractivity contribution in [3.63, 3.8) is 0 Å². The fourth-order valence-electron chi connectivity index (χ4n) is 3.16. The van der Waals surface area contributed by atoms with Crippen molar-refractivity contribution in [2.75, 3.05) is 27.4 Å². The van der Waals surface area contributed by atoms with E-state index >= 15 is 0 Å². The van der Waals surface area contributed by atoms with Crippen molar-refractivity contribution in [1.82, 2.24) is 0 Å². The van der Waals surface area contributed by atoms with Gasteiger partial charge in [0.05, 0.1) is 19.6 Å². The van der Waals surface area contributed by atoms with Crippen LogP contribution in [-0.2, 0) is 35.0 Å². The standard InChI is InChI=1S/C24H28O6/c1-17(23(26)29-3)22(24(27)30-15-7-14-28-2)21(25)16-18-10-12-20(13-11-18)19-8-5-4-6-9-19/h4-6,8-13,17,22H,7,14-16H2,1-3H3/t17-,22?/m1/s1. The number of methoxy groups -OCH3 is 2. The molecular weight excluding hydrogens is 384 g/mol.